The van der Waals surface area contributed by atoms with E-state index in [4.69, 9.17) is 10.5 Å². The molecular formula is C5H10N2O2. The van der Waals surface area contributed by atoms with E-state index in [1.54, 1.807) is 7.11 Å². The summed E-state index contributed by atoms with van der Waals surface area (Å²) in [6.07, 6.45) is 0.405. The lowest BCUT2D eigenvalue weighted by Gasteiger charge is -2.04. The molecule has 3 N–H and O–H groups in total. The van der Waals surface area contributed by atoms with Crippen LogP contribution in [0.15, 0.2) is 0 Å². The lowest BCUT2D eigenvalue weighted by atomic mass is 10.3. The Morgan fingerprint density at radius 2 is 2.56 bits per heavy atom. The van der Waals surface area contributed by atoms with Crippen LogP contribution in [0.5, 0.6) is 0 Å². The lowest BCUT2D eigenvalue weighted by molar-refractivity contribution is -0.121. The van der Waals surface area contributed by atoms with Gasteiger partial charge in [0.25, 0.3) is 0 Å². The fraction of sp³-hybridized carbons (Fsp3) is 0.800. The van der Waals surface area contributed by atoms with Crippen LogP contribution in [-0.4, -0.2) is 25.3 Å². The zero-order valence-electron chi connectivity index (χ0n) is 5.26. The fourth-order valence-corrected chi connectivity index (χ4v) is 0.817. The largest absolute Gasteiger partial charge is 0.362 e. The van der Waals surface area contributed by atoms with Crippen LogP contribution in [0.2, 0.25) is 0 Å². The van der Waals surface area contributed by atoms with E-state index in [1.165, 1.54) is 0 Å². The van der Waals surface area contributed by atoms with Crippen LogP contribution in [0.1, 0.15) is 6.42 Å². The third-order valence-electron chi connectivity index (χ3n) is 1.39. The van der Waals surface area contributed by atoms with Gasteiger partial charge in [-0.15, -0.1) is 0 Å². The standard InChI is InChI=1S/C5H10N2O2/c1-9-4-2-3(6)5(8)7-4/h3-4H,2,6H2,1H3,(H,7,8). The van der Waals surface area contributed by atoms with Crippen LogP contribution < -0.4 is 11.1 Å². The van der Waals surface area contributed by atoms with Gasteiger partial charge in [-0.2, -0.15) is 0 Å². The highest BCUT2D eigenvalue weighted by Gasteiger charge is 2.28. The zero-order valence-corrected chi connectivity index (χ0v) is 5.26. The maximum Gasteiger partial charge on any atom is 0.239 e. The predicted molar refractivity (Wildman–Crippen MR) is 31.5 cm³/mol. The molecule has 0 aromatic rings. The average Bonchev–Trinajstić information content (AvgIpc) is 2.13. The van der Waals surface area contributed by atoms with E-state index in [2.05, 4.69) is 5.32 Å². The molecule has 0 aromatic carbocycles. The monoisotopic (exact) mass is 130 g/mol. The summed E-state index contributed by atoms with van der Waals surface area (Å²) in [7, 11) is 1.54. The van der Waals surface area contributed by atoms with Gasteiger partial charge in [-0.25, -0.2) is 0 Å². The summed E-state index contributed by atoms with van der Waals surface area (Å²) in [5.74, 6) is -0.123. The van der Waals surface area contributed by atoms with Crippen molar-refractivity contribution in [2.24, 2.45) is 5.73 Å². The lowest BCUT2D eigenvalue weighted by Crippen LogP contribution is -2.31. The molecule has 0 saturated carbocycles. The number of methoxy groups -OCH3 is 1. The van der Waals surface area contributed by atoms with E-state index >= 15 is 0 Å². The van der Waals surface area contributed by atoms with Gasteiger partial charge in [0.05, 0.1) is 6.04 Å². The van der Waals surface area contributed by atoms with Crippen LogP contribution >= 0.6 is 0 Å². The third-order valence-corrected chi connectivity index (χ3v) is 1.39. The second-order valence-electron chi connectivity index (χ2n) is 2.08. The summed E-state index contributed by atoms with van der Waals surface area (Å²) in [4.78, 5) is 10.6. The van der Waals surface area contributed by atoms with Crippen LogP contribution in [0.3, 0.4) is 0 Å². The van der Waals surface area contributed by atoms with Gasteiger partial charge >= 0.3 is 0 Å². The Morgan fingerprint density at radius 3 is 2.78 bits per heavy atom. The summed E-state index contributed by atoms with van der Waals surface area (Å²) in [5.41, 5.74) is 5.35. The van der Waals surface area contributed by atoms with Gasteiger partial charge in [-0.05, 0) is 0 Å². The van der Waals surface area contributed by atoms with Gasteiger partial charge in [0.1, 0.15) is 6.23 Å². The Hall–Kier alpha value is -0.610. The van der Waals surface area contributed by atoms with E-state index in [-0.39, 0.29) is 18.2 Å². The Balaban J connectivity index is 2.44. The molecule has 1 aliphatic rings. The SMILES string of the molecule is COC1CC(N)C(=O)N1. The molecule has 1 aliphatic heterocycles. The van der Waals surface area contributed by atoms with Crippen molar-refractivity contribution < 1.29 is 9.53 Å². The molecule has 1 heterocycles. The maximum atomic E-state index is 10.6. The normalized spacial score (nSPS) is 34.7. The molecule has 0 bridgehead atoms. The molecule has 0 radical (unpaired) electrons. The first-order valence-corrected chi connectivity index (χ1v) is 2.83. The number of hydrogen-bond acceptors (Lipinski definition) is 3. The summed E-state index contributed by atoms with van der Waals surface area (Å²) in [6.45, 7) is 0. The molecule has 0 spiro atoms. The first kappa shape index (κ1) is 6.51. The molecule has 1 amide bonds. The highest BCUT2D eigenvalue weighted by atomic mass is 16.5. The van der Waals surface area contributed by atoms with Gasteiger partial charge in [-0.1, -0.05) is 0 Å². The van der Waals surface area contributed by atoms with E-state index in [0.717, 1.165) is 0 Å². The molecular weight excluding hydrogens is 120 g/mol. The van der Waals surface area contributed by atoms with Crippen LogP contribution in [-0.2, 0) is 9.53 Å². The second-order valence-corrected chi connectivity index (χ2v) is 2.08. The molecule has 1 rings (SSSR count). The van der Waals surface area contributed by atoms with Crippen molar-refractivity contribution in [3.63, 3.8) is 0 Å². The number of rotatable bonds is 1. The molecule has 9 heavy (non-hydrogen) atoms. The Labute approximate surface area is 53.4 Å². The first-order chi connectivity index (χ1) is 4.24. The number of ether oxygens (including phenoxy) is 1. The van der Waals surface area contributed by atoms with Crippen molar-refractivity contribution >= 4 is 5.91 Å². The molecule has 0 aliphatic carbocycles. The topological polar surface area (TPSA) is 64.3 Å². The highest BCUT2D eigenvalue weighted by Crippen LogP contribution is 2.04. The third kappa shape index (κ3) is 1.20. The second kappa shape index (κ2) is 2.33. The van der Waals surface area contributed by atoms with Crippen molar-refractivity contribution in [2.75, 3.05) is 7.11 Å². The fourth-order valence-electron chi connectivity index (χ4n) is 0.817. The van der Waals surface area contributed by atoms with E-state index in [0.29, 0.717) is 6.42 Å². The number of carbonyl (C=O) groups is 1. The number of carbonyl (C=O) groups excluding carboxylic acids is 1. The van der Waals surface area contributed by atoms with Crippen molar-refractivity contribution in [1.29, 1.82) is 0 Å². The highest BCUT2D eigenvalue weighted by molar-refractivity contribution is 5.83. The molecule has 4 nitrogen and oxygen atoms in total. The van der Waals surface area contributed by atoms with Gasteiger partial charge in [-0.3, -0.25) is 4.79 Å². The van der Waals surface area contributed by atoms with Gasteiger partial charge in [0.15, 0.2) is 0 Å². The Bertz CT molecular complexity index is 126. The summed E-state index contributed by atoms with van der Waals surface area (Å²) in [5, 5.41) is 2.57. The number of nitrogens with one attached hydrogen (secondary N) is 1. The maximum absolute atomic E-state index is 10.6. The first-order valence-electron chi connectivity index (χ1n) is 2.83. The predicted octanol–water partition coefficient (Wildman–Crippen LogP) is -1.19. The molecule has 1 fully saturated rings. The van der Waals surface area contributed by atoms with Crippen LogP contribution in [0.4, 0.5) is 0 Å². The molecule has 52 valence electrons. The minimum atomic E-state index is -0.380. The van der Waals surface area contributed by atoms with Gasteiger partial charge in [0, 0.05) is 13.5 Å². The van der Waals surface area contributed by atoms with Crippen LogP contribution in [0.25, 0.3) is 0 Å². The van der Waals surface area contributed by atoms with E-state index < -0.39 is 0 Å². The van der Waals surface area contributed by atoms with E-state index in [9.17, 15) is 4.79 Å². The quantitative estimate of drug-likeness (QED) is 0.469. The molecule has 0 aromatic heterocycles. The summed E-state index contributed by atoms with van der Waals surface area (Å²) >= 11 is 0. The summed E-state index contributed by atoms with van der Waals surface area (Å²) in [6, 6.07) is -0.380. The number of amides is 1. The van der Waals surface area contributed by atoms with Crippen molar-refractivity contribution in [1.82, 2.24) is 5.32 Å². The molecule has 2 unspecified atom stereocenters. The smallest absolute Gasteiger partial charge is 0.239 e. The Kier molecular flexibility index (Phi) is 1.68. The van der Waals surface area contributed by atoms with Crippen molar-refractivity contribution in [3.8, 4) is 0 Å². The van der Waals surface area contributed by atoms with Crippen molar-refractivity contribution in [2.45, 2.75) is 18.7 Å². The molecule has 4 heteroatoms. The minimum Gasteiger partial charge on any atom is -0.362 e. The van der Waals surface area contributed by atoms with E-state index in [1.807, 2.05) is 0 Å². The zero-order chi connectivity index (χ0) is 6.85. The van der Waals surface area contributed by atoms with Crippen molar-refractivity contribution in [3.05, 3.63) is 0 Å². The molecule has 1 saturated heterocycles. The van der Waals surface area contributed by atoms with Gasteiger partial charge in [0.2, 0.25) is 5.91 Å². The number of nitrogens with two attached hydrogens (primary N) is 1. The average molecular weight is 130 g/mol. The Morgan fingerprint density at radius 1 is 1.89 bits per heavy atom. The number of hydrogen-bond donors (Lipinski definition) is 2. The van der Waals surface area contributed by atoms with Gasteiger partial charge < -0.3 is 15.8 Å². The summed E-state index contributed by atoms with van der Waals surface area (Å²) < 4.78 is 4.84. The molecule has 2 atom stereocenters. The van der Waals surface area contributed by atoms with Crippen LogP contribution in [0, 0.1) is 0 Å². The minimum absolute atomic E-state index is 0.123.